The Morgan fingerprint density at radius 1 is 0.903 bits per heavy atom. The lowest BCUT2D eigenvalue weighted by molar-refractivity contribution is -0.122. The predicted octanol–water partition coefficient (Wildman–Crippen LogP) is 6.50. The Bertz CT molecular complexity index is 1180. The highest BCUT2D eigenvalue weighted by atomic mass is 32.1. The smallest absolute Gasteiger partial charge is 0.266 e. The number of amides is 1. The van der Waals surface area contributed by atoms with Crippen molar-refractivity contribution in [1.82, 2.24) is 4.98 Å². The average Bonchev–Trinajstić information content (AvgIpc) is 3.25. The van der Waals surface area contributed by atoms with Gasteiger partial charge in [0.1, 0.15) is 5.75 Å². The van der Waals surface area contributed by atoms with Crippen LogP contribution in [-0.2, 0) is 4.79 Å². The van der Waals surface area contributed by atoms with Crippen LogP contribution in [0.3, 0.4) is 0 Å². The molecule has 0 saturated carbocycles. The molecular formula is C26H24N2O2S. The Morgan fingerprint density at radius 2 is 1.58 bits per heavy atom. The van der Waals surface area contributed by atoms with E-state index in [4.69, 9.17) is 4.74 Å². The summed E-state index contributed by atoms with van der Waals surface area (Å²) in [6, 6.07) is 24.1. The van der Waals surface area contributed by atoms with E-state index in [-0.39, 0.29) is 5.91 Å². The minimum atomic E-state index is -0.642. The molecule has 4 aromatic rings. The summed E-state index contributed by atoms with van der Waals surface area (Å²) in [6.07, 6.45) is -0.642. The van der Waals surface area contributed by atoms with Gasteiger partial charge >= 0.3 is 0 Å². The number of nitrogens with one attached hydrogen (secondary N) is 1. The van der Waals surface area contributed by atoms with Gasteiger partial charge in [-0.05, 0) is 61.2 Å². The molecule has 0 saturated heterocycles. The number of rotatable bonds is 6. The van der Waals surface area contributed by atoms with Crippen molar-refractivity contribution in [2.45, 2.75) is 26.9 Å². The van der Waals surface area contributed by atoms with Gasteiger partial charge in [0.25, 0.3) is 5.91 Å². The molecule has 0 radical (unpaired) electrons. The molecule has 5 heteroatoms. The highest BCUT2D eigenvalue weighted by Crippen LogP contribution is 2.27. The van der Waals surface area contributed by atoms with Crippen molar-refractivity contribution in [3.8, 4) is 28.1 Å². The highest BCUT2D eigenvalue weighted by Gasteiger charge is 2.17. The number of aryl methyl sites for hydroxylation is 2. The summed E-state index contributed by atoms with van der Waals surface area (Å²) in [5, 5.41) is 5.37. The van der Waals surface area contributed by atoms with Gasteiger partial charge in [0.15, 0.2) is 11.2 Å². The predicted molar refractivity (Wildman–Crippen MR) is 128 cm³/mol. The number of hydrogen-bond acceptors (Lipinski definition) is 4. The first-order valence-corrected chi connectivity index (χ1v) is 11.0. The molecule has 1 atom stereocenters. The molecule has 4 rings (SSSR count). The van der Waals surface area contributed by atoms with E-state index in [0.29, 0.717) is 10.9 Å². The second-order valence-corrected chi connectivity index (χ2v) is 8.33. The van der Waals surface area contributed by atoms with Gasteiger partial charge in [0.2, 0.25) is 0 Å². The summed E-state index contributed by atoms with van der Waals surface area (Å²) in [5.74, 6) is 0.422. The Morgan fingerprint density at radius 3 is 2.29 bits per heavy atom. The lowest BCUT2D eigenvalue weighted by Crippen LogP contribution is -2.30. The normalized spacial score (nSPS) is 11.7. The Labute approximate surface area is 186 Å². The van der Waals surface area contributed by atoms with E-state index in [1.165, 1.54) is 22.5 Å². The Balaban J connectivity index is 1.38. The molecule has 31 heavy (non-hydrogen) atoms. The quantitative estimate of drug-likeness (QED) is 0.381. The van der Waals surface area contributed by atoms with Crippen molar-refractivity contribution in [1.29, 1.82) is 0 Å². The van der Waals surface area contributed by atoms with Crippen LogP contribution in [0.4, 0.5) is 5.13 Å². The molecule has 1 N–H and O–H groups in total. The third-order valence-corrected chi connectivity index (χ3v) is 5.94. The summed E-state index contributed by atoms with van der Waals surface area (Å²) in [5.41, 5.74) is 6.61. The van der Waals surface area contributed by atoms with Crippen LogP contribution < -0.4 is 10.1 Å². The zero-order valence-electron chi connectivity index (χ0n) is 17.8. The van der Waals surface area contributed by atoms with E-state index in [0.717, 1.165) is 22.4 Å². The third-order valence-electron chi connectivity index (χ3n) is 5.18. The molecule has 0 fully saturated rings. The van der Waals surface area contributed by atoms with Crippen LogP contribution in [0.25, 0.3) is 22.4 Å². The molecule has 1 heterocycles. The first-order valence-electron chi connectivity index (χ1n) is 10.2. The van der Waals surface area contributed by atoms with Gasteiger partial charge in [-0.1, -0.05) is 54.6 Å². The minimum absolute atomic E-state index is 0.229. The third kappa shape index (κ3) is 5.01. The van der Waals surface area contributed by atoms with E-state index >= 15 is 0 Å². The number of carbonyl (C=O) groups excluding carboxylic acids is 1. The van der Waals surface area contributed by atoms with Gasteiger partial charge in [0.05, 0.1) is 5.69 Å². The standard InChI is InChI=1S/C26H24N2O2S/c1-17-9-10-22(15-18(17)2)24-16-31-26(27-24)28-25(29)19(3)30-23-13-11-21(12-14-23)20-7-5-4-6-8-20/h4-16,19H,1-3H3,(H,27,28,29). The second kappa shape index (κ2) is 9.14. The molecule has 0 aliphatic heterocycles. The SMILES string of the molecule is Cc1ccc(-c2csc(NC(=O)C(C)Oc3ccc(-c4ccccc4)cc3)n2)cc1C. The van der Waals surface area contributed by atoms with Crippen LogP contribution in [0.2, 0.25) is 0 Å². The van der Waals surface area contributed by atoms with Crippen LogP contribution in [0.1, 0.15) is 18.1 Å². The zero-order valence-corrected chi connectivity index (χ0v) is 18.6. The maximum atomic E-state index is 12.6. The van der Waals surface area contributed by atoms with E-state index < -0.39 is 6.10 Å². The van der Waals surface area contributed by atoms with Crippen LogP contribution in [0.5, 0.6) is 5.75 Å². The van der Waals surface area contributed by atoms with Crippen molar-refractivity contribution in [3.05, 3.63) is 89.3 Å². The van der Waals surface area contributed by atoms with Crippen LogP contribution >= 0.6 is 11.3 Å². The van der Waals surface area contributed by atoms with E-state index in [2.05, 4.69) is 48.4 Å². The summed E-state index contributed by atoms with van der Waals surface area (Å²) >= 11 is 1.41. The van der Waals surface area contributed by atoms with Gasteiger partial charge in [-0.25, -0.2) is 4.98 Å². The number of carbonyl (C=O) groups is 1. The number of anilines is 1. The molecule has 1 aromatic heterocycles. The molecule has 0 spiro atoms. The maximum absolute atomic E-state index is 12.6. The van der Waals surface area contributed by atoms with Crippen LogP contribution in [0.15, 0.2) is 78.2 Å². The first kappa shape index (κ1) is 20.8. The van der Waals surface area contributed by atoms with Crippen molar-refractivity contribution < 1.29 is 9.53 Å². The van der Waals surface area contributed by atoms with Crippen molar-refractivity contribution >= 4 is 22.4 Å². The van der Waals surface area contributed by atoms with E-state index in [1.54, 1.807) is 6.92 Å². The fraction of sp³-hybridized carbons (Fsp3) is 0.154. The number of thiazole rings is 1. The Hall–Kier alpha value is -3.44. The molecule has 1 amide bonds. The number of hydrogen-bond donors (Lipinski definition) is 1. The van der Waals surface area contributed by atoms with Crippen LogP contribution in [0, 0.1) is 13.8 Å². The van der Waals surface area contributed by atoms with Crippen molar-refractivity contribution in [2.24, 2.45) is 0 Å². The summed E-state index contributed by atoms with van der Waals surface area (Å²) in [6.45, 7) is 5.90. The lowest BCUT2D eigenvalue weighted by atomic mass is 10.1. The maximum Gasteiger partial charge on any atom is 0.266 e. The van der Waals surface area contributed by atoms with Gasteiger partial charge in [-0.2, -0.15) is 0 Å². The Kier molecular flexibility index (Phi) is 6.14. The number of nitrogens with zero attached hydrogens (tertiary/aromatic N) is 1. The topological polar surface area (TPSA) is 51.2 Å². The molecule has 0 aliphatic carbocycles. The second-order valence-electron chi connectivity index (χ2n) is 7.48. The number of ether oxygens (including phenoxy) is 1. The van der Waals surface area contributed by atoms with Gasteiger partial charge in [0, 0.05) is 10.9 Å². The minimum Gasteiger partial charge on any atom is -0.481 e. The summed E-state index contributed by atoms with van der Waals surface area (Å²) in [7, 11) is 0. The zero-order chi connectivity index (χ0) is 21.8. The summed E-state index contributed by atoms with van der Waals surface area (Å²) in [4.78, 5) is 17.1. The molecule has 4 nitrogen and oxygen atoms in total. The van der Waals surface area contributed by atoms with E-state index in [1.807, 2.05) is 53.9 Å². The molecule has 0 bridgehead atoms. The van der Waals surface area contributed by atoms with Crippen LogP contribution in [-0.4, -0.2) is 17.0 Å². The number of benzene rings is 3. The molecule has 156 valence electrons. The fourth-order valence-corrected chi connectivity index (χ4v) is 3.91. The van der Waals surface area contributed by atoms with Gasteiger partial charge in [-0.3, -0.25) is 10.1 Å². The highest BCUT2D eigenvalue weighted by molar-refractivity contribution is 7.14. The fourth-order valence-electron chi connectivity index (χ4n) is 3.19. The van der Waals surface area contributed by atoms with E-state index in [9.17, 15) is 4.79 Å². The number of aromatic nitrogens is 1. The van der Waals surface area contributed by atoms with Crippen molar-refractivity contribution in [2.75, 3.05) is 5.32 Å². The lowest BCUT2D eigenvalue weighted by Gasteiger charge is -2.14. The molecule has 0 aliphatic rings. The molecule has 1 unspecified atom stereocenters. The van der Waals surface area contributed by atoms with Crippen molar-refractivity contribution in [3.63, 3.8) is 0 Å². The largest absolute Gasteiger partial charge is 0.481 e. The van der Waals surface area contributed by atoms with Gasteiger partial charge < -0.3 is 4.74 Å². The summed E-state index contributed by atoms with van der Waals surface area (Å²) < 4.78 is 5.82. The molecular weight excluding hydrogens is 404 g/mol. The first-order chi connectivity index (χ1) is 15.0. The molecule has 3 aromatic carbocycles. The average molecular weight is 429 g/mol. The van der Waals surface area contributed by atoms with Gasteiger partial charge in [-0.15, -0.1) is 11.3 Å². The monoisotopic (exact) mass is 428 g/mol.